The number of nitrogens with one attached hydrogen (secondary N) is 1. The molecule has 0 heterocycles. The van der Waals surface area contributed by atoms with E-state index in [-0.39, 0.29) is 5.56 Å². The van der Waals surface area contributed by atoms with Crippen LogP contribution in [0.4, 0.5) is 14.5 Å². The fourth-order valence-corrected chi connectivity index (χ4v) is 1.51. The van der Waals surface area contributed by atoms with Crippen molar-refractivity contribution in [2.45, 2.75) is 0 Å². The molecule has 0 saturated carbocycles. The lowest BCUT2D eigenvalue weighted by atomic mass is 10.1. The fraction of sp³-hybridized carbons (Fsp3) is 0. The van der Waals surface area contributed by atoms with Crippen LogP contribution in [0.5, 0.6) is 0 Å². The van der Waals surface area contributed by atoms with E-state index in [1.807, 2.05) is 0 Å². The van der Waals surface area contributed by atoms with Crippen molar-refractivity contribution in [2.24, 2.45) is 0 Å². The molecule has 0 saturated heterocycles. The molecule has 2 aromatic rings. The Morgan fingerprint density at radius 1 is 1.05 bits per heavy atom. The van der Waals surface area contributed by atoms with Gasteiger partial charge in [0.1, 0.15) is 17.9 Å². The highest BCUT2D eigenvalue weighted by Crippen LogP contribution is 2.14. The van der Waals surface area contributed by atoms with E-state index in [4.69, 9.17) is 0 Å². The van der Waals surface area contributed by atoms with Gasteiger partial charge in [-0.1, -0.05) is 0 Å². The Morgan fingerprint density at radius 2 is 1.74 bits per heavy atom. The predicted octanol–water partition coefficient (Wildman–Crippen LogP) is 3.03. The number of amides is 1. The smallest absolute Gasteiger partial charge is 0.258 e. The van der Waals surface area contributed by atoms with Gasteiger partial charge in [0.05, 0.1) is 5.56 Å². The van der Waals surface area contributed by atoms with E-state index in [1.165, 1.54) is 24.3 Å². The van der Waals surface area contributed by atoms with Crippen molar-refractivity contribution in [3.8, 4) is 0 Å². The van der Waals surface area contributed by atoms with Crippen LogP contribution >= 0.6 is 0 Å². The minimum Gasteiger partial charge on any atom is -0.322 e. The lowest BCUT2D eigenvalue weighted by molar-refractivity contribution is 0.102. The van der Waals surface area contributed by atoms with Gasteiger partial charge in [-0.25, -0.2) is 8.78 Å². The zero-order chi connectivity index (χ0) is 13.8. The predicted molar refractivity (Wildman–Crippen MR) is 66.1 cm³/mol. The lowest BCUT2D eigenvalue weighted by Crippen LogP contribution is -2.14. The van der Waals surface area contributed by atoms with Crippen molar-refractivity contribution in [1.29, 1.82) is 0 Å². The third kappa shape index (κ3) is 3.01. The summed E-state index contributed by atoms with van der Waals surface area (Å²) in [6, 6.07) is 8.65. The first-order chi connectivity index (χ1) is 9.10. The fourth-order valence-electron chi connectivity index (χ4n) is 1.51. The molecule has 2 rings (SSSR count). The Morgan fingerprint density at radius 3 is 2.37 bits per heavy atom. The van der Waals surface area contributed by atoms with Crippen LogP contribution in [-0.4, -0.2) is 12.2 Å². The summed E-state index contributed by atoms with van der Waals surface area (Å²) in [5.41, 5.74) is 0.466. The lowest BCUT2D eigenvalue weighted by Gasteiger charge is -2.06. The summed E-state index contributed by atoms with van der Waals surface area (Å²) in [7, 11) is 0. The number of carbonyl (C=O) groups is 2. The normalized spacial score (nSPS) is 10.0. The van der Waals surface area contributed by atoms with E-state index in [2.05, 4.69) is 5.32 Å². The van der Waals surface area contributed by atoms with E-state index in [9.17, 15) is 18.4 Å². The van der Waals surface area contributed by atoms with Crippen LogP contribution in [-0.2, 0) is 0 Å². The first-order valence-corrected chi connectivity index (χ1v) is 5.42. The van der Waals surface area contributed by atoms with E-state index in [0.717, 1.165) is 18.2 Å². The van der Waals surface area contributed by atoms with E-state index < -0.39 is 17.5 Å². The second-order valence-corrected chi connectivity index (χ2v) is 3.82. The number of hydrogen-bond donors (Lipinski definition) is 1. The third-order valence-corrected chi connectivity index (χ3v) is 2.48. The molecule has 0 aromatic heterocycles. The van der Waals surface area contributed by atoms with E-state index in [0.29, 0.717) is 17.5 Å². The van der Waals surface area contributed by atoms with Crippen LogP contribution in [0.25, 0.3) is 0 Å². The minimum atomic E-state index is -0.802. The van der Waals surface area contributed by atoms with Gasteiger partial charge in [-0.15, -0.1) is 0 Å². The molecule has 0 spiro atoms. The van der Waals surface area contributed by atoms with E-state index in [1.54, 1.807) is 0 Å². The molecule has 2 aromatic carbocycles. The summed E-state index contributed by atoms with van der Waals surface area (Å²) in [6.45, 7) is 0. The monoisotopic (exact) mass is 261 g/mol. The molecular weight excluding hydrogens is 252 g/mol. The molecule has 0 aliphatic heterocycles. The van der Waals surface area contributed by atoms with Crippen LogP contribution in [0.3, 0.4) is 0 Å². The third-order valence-electron chi connectivity index (χ3n) is 2.48. The van der Waals surface area contributed by atoms with Crippen LogP contribution in [0.1, 0.15) is 20.7 Å². The Kier molecular flexibility index (Phi) is 3.66. The van der Waals surface area contributed by atoms with Gasteiger partial charge in [0.15, 0.2) is 0 Å². The van der Waals surface area contributed by atoms with Crippen LogP contribution < -0.4 is 5.32 Å². The number of carbonyl (C=O) groups excluding carboxylic acids is 2. The minimum absolute atomic E-state index is 0.375. The standard InChI is InChI=1S/C14H9F2NO2/c15-10-3-6-13(16)12(7-10)14(19)17-11-4-1-9(8-18)2-5-11/h1-8H,(H,17,19). The molecule has 0 unspecified atom stereocenters. The first-order valence-electron chi connectivity index (χ1n) is 5.42. The van der Waals surface area contributed by atoms with Gasteiger partial charge in [0, 0.05) is 11.3 Å². The molecular formula is C14H9F2NO2. The average Bonchev–Trinajstić information content (AvgIpc) is 2.42. The van der Waals surface area contributed by atoms with Gasteiger partial charge in [0.25, 0.3) is 5.91 Å². The maximum absolute atomic E-state index is 13.4. The number of rotatable bonds is 3. The zero-order valence-electron chi connectivity index (χ0n) is 9.69. The molecule has 1 amide bonds. The Labute approximate surface area is 107 Å². The molecule has 19 heavy (non-hydrogen) atoms. The maximum atomic E-state index is 13.4. The summed E-state index contributed by atoms with van der Waals surface area (Å²) in [5, 5.41) is 2.42. The molecule has 0 bridgehead atoms. The molecule has 0 aliphatic carbocycles. The number of aldehydes is 1. The summed E-state index contributed by atoms with van der Waals surface area (Å²) in [6.07, 6.45) is 0.665. The maximum Gasteiger partial charge on any atom is 0.258 e. The van der Waals surface area contributed by atoms with Crippen molar-refractivity contribution in [3.05, 3.63) is 65.2 Å². The van der Waals surface area contributed by atoms with Gasteiger partial charge < -0.3 is 5.32 Å². The first kappa shape index (κ1) is 12.9. The topological polar surface area (TPSA) is 46.2 Å². The number of hydrogen-bond acceptors (Lipinski definition) is 2. The summed E-state index contributed by atoms with van der Waals surface area (Å²) in [4.78, 5) is 22.2. The Hall–Kier alpha value is -2.56. The van der Waals surface area contributed by atoms with Gasteiger partial charge in [-0.3, -0.25) is 9.59 Å². The van der Waals surface area contributed by atoms with Crippen LogP contribution in [0.2, 0.25) is 0 Å². The Balaban J connectivity index is 2.20. The molecule has 0 aliphatic rings. The van der Waals surface area contributed by atoms with Gasteiger partial charge in [-0.05, 0) is 42.5 Å². The number of halogens is 2. The summed E-state index contributed by atoms with van der Waals surface area (Å²) < 4.78 is 26.3. The van der Waals surface area contributed by atoms with Crippen LogP contribution in [0, 0.1) is 11.6 Å². The quantitative estimate of drug-likeness (QED) is 0.863. The number of benzene rings is 2. The zero-order valence-corrected chi connectivity index (χ0v) is 9.69. The highest BCUT2D eigenvalue weighted by molar-refractivity contribution is 6.04. The molecule has 0 radical (unpaired) electrons. The molecule has 96 valence electrons. The van der Waals surface area contributed by atoms with Crippen molar-refractivity contribution in [1.82, 2.24) is 0 Å². The van der Waals surface area contributed by atoms with Crippen molar-refractivity contribution in [3.63, 3.8) is 0 Å². The molecule has 0 fully saturated rings. The molecule has 0 atom stereocenters. The van der Waals surface area contributed by atoms with Crippen molar-refractivity contribution >= 4 is 17.9 Å². The van der Waals surface area contributed by atoms with E-state index >= 15 is 0 Å². The SMILES string of the molecule is O=Cc1ccc(NC(=O)c2cc(F)ccc2F)cc1. The summed E-state index contributed by atoms with van der Waals surface area (Å²) in [5.74, 6) is -2.25. The van der Waals surface area contributed by atoms with Gasteiger partial charge in [-0.2, -0.15) is 0 Å². The number of anilines is 1. The van der Waals surface area contributed by atoms with Crippen molar-refractivity contribution in [2.75, 3.05) is 5.32 Å². The summed E-state index contributed by atoms with van der Waals surface area (Å²) >= 11 is 0. The molecule has 5 heteroatoms. The second kappa shape index (κ2) is 5.39. The Bertz CT molecular complexity index is 624. The molecule has 1 N–H and O–H groups in total. The van der Waals surface area contributed by atoms with Gasteiger partial charge >= 0.3 is 0 Å². The largest absolute Gasteiger partial charge is 0.322 e. The van der Waals surface area contributed by atoms with Crippen LogP contribution in [0.15, 0.2) is 42.5 Å². The highest BCUT2D eigenvalue weighted by Gasteiger charge is 2.12. The molecule has 3 nitrogen and oxygen atoms in total. The average molecular weight is 261 g/mol. The van der Waals surface area contributed by atoms with Crippen molar-refractivity contribution < 1.29 is 18.4 Å². The van der Waals surface area contributed by atoms with Gasteiger partial charge in [0.2, 0.25) is 0 Å². The second-order valence-electron chi connectivity index (χ2n) is 3.82. The highest BCUT2D eigenvalue weighted by atomic mass is 19.1.